The third-order valence-corrected chi connectivity index (χ3v) is 3.16. The van der Waals surface area contributed by atoms with Crippen molar-refractivity contribution >= 4 is 17.5 Å². The monoisotopic (exact) mass is 317 g/mol. The predicted octanol–water partition coefficient (Wildman–Crippen LogP) is 2.35. The van der Waals surface area contributed by atoms with Crippen LogP contribution in [0.3, 0.4) is 0 Å². The fourth-order valence-corrected chi connectivity index (χ4v) is 1.95. The molecule has 3 rings (SSSR count). The van der Waals surface area contributed by atoms with Gasteiger partial charge in [0.15, 0.2) is 0 Å². The van der Waals surface area contributed by atoms with Gasteiger partial charge in [-0.15, -0.1) is 0 Å². The van der Waals surface area contributed by atoms with Crippen molar-refractivity contribution in [1.29, 1.82) is 0 Å². The molecule has 2 heterocycles. The van der Waals surface area contributed by atoms with Crippen LogP contribution in [-0.4, -0.2) is 26.2 Å². The Bertz CT molecular complexity index is 794. The van der Waals surface area contributed by atoms with Gasteiger partial charge in [-0.25, -0.2) is 0 Å². The van der Waals surface area contributed by atoms with E-state index in [-0.39, 0.29) is 12.5 Å². The van der Waals surface area contributed by atoms with Gasteiger partial charge in [-0.05, 0) is 37.3 Å². The van der Waals surface area contributed by atoms with Gasteiger partial charge in [0.1, 0.15) is 5.69 Å². The van der Waals surface area contributed by atoms with E-state index in [0.29, 0.717) is 22.4 Å². The summed E-state index contributed by atoms with van der Waals surface area (Å²) in [6.45, 7) is 1.95. The molecule has 2 aromatic heterocycles. The number of hydrogen-bond acceptors (Lipinski definition) is 5. The summed E-state index contributed by atoms with van der Waals surface area (Å²) in [5, 5.41) is 13.7. The fraction of sp³-hybridized carbons (Fsp3) is 0.143. The first kappa shape index (κ1) is 14.3. The zero-order chi connectivity index (χ0) is 15.5. The van der Waals surface area contributed by atoms with Gasteiger partial charge in [0.2, 0.25) is 11.7 Å². The maximum absolute atomic E-state index is 11.8. The molecule has 0 aliphatic carbocycles. The highest BCUT2D eigenvalue weighted by atomic mass is 35.5. The second kappa shape index (κ2) is 5.98. The summed E-state index contributed by atoms with van der Waals surface area (Å²) in [4.78, 5) is 16.1. The smallest absolute Gasteiger partial charge is 0.272 e. The first-order valence-corrected chi connectivity index (χ1v) is 6.88. The zero-order valence-electron chi connectivity index (χ0n) is 11.6. The third kappa shape index (κ3) is 3.15. The number of rotatable bonds is 4. The van der Waals surface area contributed by atoms with Crippen LogP contribution in [-0.2, 0) is 6.54 Å². The Labute approximate surface area is 130 Å². The summed E-state index contributed by atoms with van der Waals surface area (Å²) < 4.78 is 5.10. The van der Waals surface area contributed by atoms with Crippen LogP contribution >= 0.6 is 11.6 Å². The van der Waals surface area contributed by atoms with E-state index < -0.39 is 0 Å². The summed E-state index contributed by atoms with van der Waals surface area (Å²) in [5.41, 5.74) is 1.91. The van der Waals surface area contributed by atoms with Crippen LogP contribution in [0, 0.1) is 6.92 Å². The van der Waals surface area contributed by atoms with Gasteiger partial charge >= 0.3 is 0 Å². The van der Waals surface area contributed by atoms with E-state index >= 15 is 0 Å². The number of aromatic nitrogens is 4. The maximum Gasteiger partial charge on any atom is 0.272 e. The first-order chi connectivity index (χ1) is 10.6. The third-order valence-electron chi connectivity index (χ3n) is 2.91. The summed E-state index contributed by atoms with van der Waals surface area (Å²) in [6.07, 6.45) is 0. The molecule has 0 radical (unpaired) electrons. The molecule has 7 nitrogen and oxygen atoms in total. The fourth-order valence-electron chi connectivity index (χ4n) is 1.82. The number of hydrogen-bond donors (Lipinski definition) is 2. The molecule has 112 valence electrons. The van der Waals surface area contributed by atoms with E-state index in [0.717, 1.165) is 11.3 Å². The molecule has 22 heavy (non-hydrogen) atoms. The molecule has 8 heteroatoms. The minimum absolute atomic E-state index is 0.130. The van der Waals surface area contributed by atoms with Crippen LogP contribution in [0.5, 0.6) is 0 Å². The quantitative estimate of drug-likeness (QED) is 0.770. The van der Waals surface area contributed by atoms with Crippen LogP contribution in [0.4, 0.5) is 0 Å². The molecular weight excluding hydrogens is 306 g/mol. The normalized spacial score (nSPS) is 10.6. The lowest BCUT2D eigenvalue weighted by molar-refractivity contribution is 0.0941. The molecule has 2 N–H and O–H groups in total. The van der Waals surface area contributed by atoms with Crippen LogP contribution in [0.1, 0.15) is 22.1 Å². The minimum Gasteiger partial charge on any atom is -0.342 e. The van der Waals surface area contributed by atoms with E-state index in [1.165, 1.54) is 0 Å². The van der Waals surface area contributed by atoms with Crippen molar-refractivity contribution in [2.75, 3.05) is 0 Å². The van der Waals surface area contributed by atoms with Crippen molar-refractivity contribution in [1.82, 2.24) is 25.7 Å². The molecule has 0 bridgehead atoms. The first-order valence-electron chi connectivity index (χ1n) is 6.50. The molecule has 0 spiro atoms. The number of aryl methyl sites for hydroxylation is 1. The molecule has 0 atom stereocenters. The molecule has 1 amide bonds. The second-order valence-electron chi connectivity index (χ2n) is 4.64. The molecule has 0 aliphatic heterocycles. The topological polar surface area (TPSA) is 96.7 Å². The highest BCUT2D eigenvalue weighted by Crippen LogP contribution is 2.18. The number of nitrogens with one attached hydrogen (secondary N) is 2. The summed E-state index contributed by atoms with van der Waals surface area (Å²) in [7, 11) is 0. The summed E-state index contributed by atoms with van der Waals surface area (Å²) in [5.74, 6) is 0.442. The number of H-pyrrole nitrogens is 1. The Kier molecular flexibility index (Phi) is 3.88. The number of carbonyl (C=O) groups is 1. The predicted molar refractivity (Wildman–Crippen MR) is 79.2 cm³/mol. The Balaban J connectivity index is 1.64. The summed E-state index contributed by atoms with van der Waals surface area (Å²) in [6, 6.07) is 8.73. The molecule has 0 unspecified atom stereocenters. The van der Waals surface area contributed by atoms with Gasteiger partial charge in [0, 0.05) is 16.3 Å². The van der Waals surface area contributed by atoms with E-state index in [9.17, 15) is 4.79 Å². The zero-order valence-corrected chi connectivity index (χ0v) is 12.4. The number of halogens is 1. The highest BCUT2D eigenvalue weighted by molar-refractivity contribution is 6.30. The average molecular weight is 318 g/mol. The van der Waals surface area contributed by atoms with Crippen LogP contribution < -0.4 is 5.32 Å². The molecule has 0 saturated carbocycles. The minimum atomic E-state index is -0.310. The van der Waals surface area contributed by atoms with Gasteiger partial charge in [-0.2, -0.15) is 10.1 Å². The molecule has 1 aromatic carbocycles. The molecule has 0 aliphatic rings. The molecular formula is C14H12ClN5O2. The van der Waals surface area contributed by atoms with Crippen LogP contribution in [0.15, 0.2) is 34.9 Å². The number of carbonyl (C=O) groups excluding carboxylic acids is 1. The Morgan fingerprint density at radius 3 is 2.82 bits per heavy atom. The Hall–Kier alpha value is -2.67. The highest BCUT2D eigenvalue weighted by Gasteiger charge is 2.12. The van der Waals surface area contributed by atoms with Crippen molar-refractivity contribution in [3.63, 3.8) is 0 Å². The Morgan fingerprint density at radius 2 is 2.14 bits per heavy atom. The van der Waals surface area contributed by atoms with E-state index in [2.05, 4.69) is 25.7 Å². The Morgan fingerprint density at radius 1 is 1.36 bits per heavy atom. The van der Waals surface area contributed by atoms with E-state index in [1.54, 1.807) is 30.3 Å². The van der Waals surface area contributed by atoms with Gasteiger partial charge in [-0.1, -0.05) is 16.8 Å². The summed E-state index contributed by atoms with van der Waals surface area (Å²) >= 11 is 5.83. The van der Waals surface area contributed by atoms with E-state index in [4.69, 9.17) is 16.1 Å². The molecule has 3 aromatic rings. The number of benzene rings is 1. The van der Waals surface area contributed by atoms with E-state index in [1.807, 2.05) is 6.92 Å². The molecule has 0 fully saturated rings. The van der Waals surface area contributed by atoms with Crippen LogP contribution in [0.2, 0.25) is 5.02 Å². The standard InChI is InChI=1S/C14H12ClN5O2/c1-8-6-11(19-18-8)14(21)16-7-12-17-13(20-22-12)9-2-4-10(15)5-3-9/h2-6H,7H2,1H3,(H,16,21)(H,18,19). The number of aromatic amines is 1. The average Bonchev–Trinajstić information content (AvgIpc) is 3.15. The van der Waals surface area contributed by atoms with Crippen molar-refractivity contribution < 1.29 is 9.32 Å². The van der Waals surface area contributed by atoms with Crippen molar-refractivity contribution in [3.05, 3.63) is 52.6 Å². The van der Waals surface area contributed by atoms with Crippen molar-refractivity contribution in [2.45, 2.75) is 13.5 Å². The van der Waals surface area contributed by atoms with Gasteiger partial charge < -0.3 is 9.84 Å². The lowest BCUT2D eigenvalue weighted by Crippen LogP contribution is -2.23. The van der Waals surface area contributed by atoms with Gasteiger partial charge in [0.05, 0.1) is 6.54 Å². The number of amides is 1. The SMILES string of the molecule is Cc1cc(C(=O)NCc2nc(-c3ccc(Cl)cc3)no2)n[nH]1. The largest absolute Gasteiger partial charge is 0.342 e. The van der Waals surface area contributed by atoms with Gasteiger partial charge in [0.25, 0.3) is 5.91 Å². The lowest BCUT2D eigenvalue weighted by atomic mass is 10.2. The lowest BCUT2D eigenvalue weighted by Gasteiger charge is -1.97. The maximum atomic E-state index is 11.8. The van der Waals surface area contributed by atoms with Gasteiger partial charge in [-0.3, -0.25) is 9.89 Å². The second-order valence-corrected chi connectivity index (χ2v) is 5.07. The number of nitrogens with zero attached hydrogens (tertiary/aromatic N) is 3. The van der Waals surface area contributed by atoms with Crippen molar-refractivity contribution in [3.8, 4) is 11.4 Å². The van der Waals surface area contributed by atoms with Crippen molar-refractivity contribution in [2.24, 2.45) is 0 Å². The molecule has 0 saturated heterocycles. The van der Waals surface area contributed by atoms with Crippen LogP contribution in [0.25, 0.3) is 11.4 Å².